The smallest absolute Gasteiger partial charge is 0.323 e. The number of anilines is 1. The summed E-state index contributed by atoms with van der Waals surface area (Å²) in [7, 11) is 0. The highest BCUT2D eigenvalue weighted by Gasteiger charge is 2.13. The number of aromatic nitrogens is 1. The average Bonchev–Trinajstić information content (AvgIpc) is 2.70. The number of rotatable bonds is 6. The van der Waals surface area contributed by atoms with E-state index in [9.17, 15) is 4.79 Å². The fraction of sp³-hybridized carbons (Fsp3) is 0.667. The van der Waals surface area contributed by atoms with Gasteiger partial charge >= 0.3 is 6.03 Å². The zero-order valence-electron chi connectivity index (χ0n) is 10.8. The number of hydrogen-bond donors (Lipinski definition) is 1. The van der Waals surface area contributed by atoms with Gasteiger partial charge in [-0.15, -0.1) is 0 Å². The molecule has 0 bridgehead atoms. The molecular formula is C12H21N3O2. The zero-order valence-corrected chi connectivity index (χ0v) is 10.8. The predicted octanol–water partition coefficient (Wildman–Crippen LogP) is 3.03. The summed E-state index contributed by atoms with van der Waals surface area (Å²) in [5, 5.41) is 6.48. The summed E-state index contributed by atoms with van der Waals surface area (Å²) in [6.45, 7) is 7.52. The van der Waals surface area contributed by atoms with Crippen molar-refractivity contribution in [1.29, 1.82) is 0 Å². The molecule has 17 heavy (non-hydrogen) atoms. The van der Waals surface area contributed by atoms with Crippen molar-refractivity contribution in [1.82, 2.24) is 10.1 Å². The fourth-order valence-electron chi connectivity index (χ4n) is 1.55. The standard InChI is InChI=1S/C12H21N3O2/c1-4-6-8-15(7-5-2)12(16)13-11-9-10(3)17-14-11/h9H,4-8H2,1-3H3,(H,13,14,16). The molecule has 0 aliphatic carbocycles. The summed E-state index contributed by atoms with van der Waals surface area (Å²) < 4.78 is 4.90. The van der Waals surface area contributed by atoms with E-state index in [2.05, 4.69) is 24.3 Å². The van der Waals surface area contributed by atoms with Gasteiger partial charge < -0.3 is 9.42 Å². The van der Waals surface area contributed by atoms with Gasteiger partial charge in [-0.3, -0.25) is 5.32 Å². The van der Waals surface area contributed by atoms with Crippen molar-refractivity contribution < 1.29 is 9.32 Å². The van der Waals surface area contributed by atoms with Crippen LogP contribution in [-0.4, -0.2) is 29.2 Å². The van der Waals surface area contributed by atoms with E-state index in [-0.39, 0.29) is 6.03 Å². The molecule has 0 saturated carbocycles. The van der Waals surface area contributed by atoms with Crippen molar-refractivity contribution in [3.05, 3.63) is 11.8 Å². The Kier molecular flexibility index (Phi) is 5.52. The number of nitrogens with one attached hydrogen (secondary N) is 1. The van der Waals surface area contributed by atoms with Gasteiger partial charge in [0.15, 0.2) is 5.82 Å². The number of carbonyl (C=O) groups is 1. The highest BCUT2D eigenvalue weighted by molar-refractivity contribution is 5.88. The lowest BCUT2D eigenvalue weighted by atomic mass is 10.3. The summed E-state index contributed by atoms with van der Waals surface area (Å²) in [5.41, 5.74) is 0. The Morgan fingerprint density at radius 3 is 2.71 bits per heavy atom. The van der Waals surface area contributed by atoms with Crippen LogP contribution in [0.1, 0.15) is 38.9 Å². The molecule has 0 aliphatic heterocycles. The maximum absolute atomic E-state index is 12.0. The molecule has 0 unspecified atom stereocenters. The Hall–Kier alpha value is -1.52. The average molecular weight is 239 g/mol. The molecule has 5 heteroatoms. The van der Waals surface area contributed by atoms with Crippen molar-refractivity contribution in [2.45, 2.75) is 40.0 Å². The lowest BCUT2D eigenvalue weighted by Gasteiger charge is -2.21. The van der Waals surface area contributed by atoms with E-state index < -0.39 is 0 Å². The lowest BCUT2D eigenvalue weighted by Crippen LogP contribution is -2.36. The second kappa shape index (κ2) is 6.93. The van der Waals surface area contributed by atoms with Crippen LogP contribution in [0.15, 0.2) is 10.6 Å². The van der Waals surface area contributed by atoms with Crippen molar-refractivity contribution in [2.24, 2.45) is 0 Å². The molecule has 0 saturated heterocycles. The molecular weight excluding hydrogens is 218 g/mol. The molecule has 0 spiro atoms. The van der Waals surface area contributed by atoms with Gasteiger partial charge in [-0.1, -0.05) is 25.4 Å². The molecule has 0 radical (unpaired) electrons. The third-order valence-corrected chi connectivity index (χ3v) is 2.43. The monoisotopic (exact) mass is 239 g/mol. The topological polar surface area (TPSA) is 58.4 Å². The molecule has 5 nitrogen and oxygen atoms in total. The van der Waals surface area contributed by atoms with Gasteiger partial charge in [0.2, 0.25) is 0 Å². The fourth-order valence-corrected chi connectivity index (χ4v) is 1.55. The second-order valence-electron chi connectivity index (χ2n) is 4.09. The quantitative estimate of drug-likeness (QED) is 0.830. The van der Waals surface area contributed by atoms with Crippen molar-refractivity contribution in [3.63, 3.8) is 0 Å². The van der Waals surface area contributed by atoms with Crippen LogP contribution in [0.5, 0.6) is 0 Å². The number of aryl methyl sites for hydroxylation is 1. The first kappa shape index (κ1) is 13.5. The molecule has 1 N–H and O–H groups in total. The van der Waals surface area contributed by atoms with Gasteiger partial charge in [-0.2, -0.15) is 0 Å². The summed E-state index contributed by atoms with van der Waals surface area (Å²) in [6, 6.07) is 1.61. The van der Waals surface area contributed by atoms with E-state index in [1.165, 1.54) is 0 Å². The molecule has 1 rings (SSSR count). The van der Waals surface area contributed by atoms with Gasteiger partial charge in [0.05, 0.1) is 0 Å². The van der Waals surface area contributed by atoms with Gasteiger partial charge in [0.1, 0.15) is 5.76 Å². The highest BCUT2D eigenvalue weighted by Crippen LogP contribution is 2.08. The van der Waals surface area contributed by atoms with E-state index in [0.29, 0.717) is 11.6 Å². The zero-order chi connectivity index (χ0) is 12.7. The number of amides is 2. The Labute approximate surface area is 102 Å². The van der Waals surface area contributed by atoms with Crippen LogP contribution >= 0.6 is 0 Å². The van der Waals surface area contributed by atoms with Gasteiger partial charge in [0.25, 0.3) is 0 Å². The molecule has 1 heterocycles. The third kappa shape index (κ3) is 4.46. The third-order valence-electron chi connectivity index (χ3n) is 2.43. The van der Waals surface area contributed by atoms with Crippen LogP contribution < -0.4 is 5.32 Å². The maximum atomic E-state index is 12.0. The minimum atomic E-state index is -0.103. The number of nitrogens with zero attached hydrogens (tertiary/aromatic N) is 2. The Morgan fingerprint density at radius 1 is 1.41 bits per heavy atom. The number of hydrogen-bond acceptors (Lipinski definition) is 3. The Morgan fingerprint density at radius 2 is 2.18 bits per heavy atom. The minimum Gasteiger partial charge on any atom is -0.360 e. The van der Waals surface area contributed by atoms with Crippen LogP contribution in [0.25, 0.3) is 0 Å². The maximum Gasteiger partial charge on any atom is 0.323 e. The Balaban J connectivity index is 2.52. The van der Waals surface area contributed by atoms with E-state index >= 15 is 0 Å². The van der Waals surface area contributed by atoms with E-state index in [0.717, 1.165) is 32.4 Å². The number of urea groups is 1. The van der Waals surface area contributed by atoms with Crippen molar-refractivity contribution in [3.8, 4) is 0 Å². The van der Waals surface area contributed by atoms with Crippen molar-refractivity contribution in [2.75, 3.05) is 18.4 Å². The summed E-state index contributed by atoms with van der Waals surface area (Å²) >= 11 is 0. The largest absolute Gasteiger partial charge is 0.360 e. The number of unbranched alkanes of at least 4 members (excludes halogenated alkanes) is 1. The normalized spacial score (nSPS) is 10.3. The van der Waals surface area contributed by atoms with Crippen LogP contribution in [-0.2, 0) is 0 Å². The van der Waals surface area contributed by atoms with Crippen LogP contribution in [0, 0.1) is 6.92 Å². The first-order chi connectivity index (χ1) is 8.17. The van der Waals surface area contributed by atoms with E-state index in [1.807, 2.05) is 4.90 Å². The number of carbonyl (C=O) groups excluding carboxylic acids is 1. The highest BCUT2D eigenvalue weighted by atomic mass is 16.5. The van der Waals surface area contributed by atoms with Crippen LogP contribution in [0.3, 0.4) is 0 Å². The predicted molar refractivity (Wildman–Crippen MR) is 67.0 cm³/mol. The summed E-state index contributed by atoms with van der Waals surface area (Å²) in [6.07, 6.45) is 3.05. The Bertz CT molecular complexity index is 349. The van der Waals surface area contributed by atoms with Crippen LogP contribution in [0.2, 0.25) is 0 Å². The molecule has 1 aromatic rings. The van der Waals surface area contributed by atoms with Crippen molar-refractivity contribution >= 4 is 11.8 Å². The van der Waals surface area contributed by atoms with Gasteiger partial charge in [-0.05, 0) is 19.8 Å². The molecule has 1 aromatic heterocycles. The van der Waals surface area contributed by atoms with Crippen LogP contribution in [0.4, 0.5) is 10.6 Å². The van der Waals surface area contributed by atoms with Gasteiger partial charge in [-0.25, -0.2) is 4.79 Å². The second-order valence-corrected chi connectivity index (χ2v) is 4.09. The summed E-state index contributed by atoms with van der Waals surface area (Å²) in [5.74, 6) is 1.17. The first-order valence-electron chi connectivity index (χ1n) is 6.16. The SMILES string of the molecule is CCCCN(CCC)C(=O)Nc1cc(C)on1. The lowest BCUT2D eigenvalue weighted by molar-refractivity contribution is 0.210. The van der Waals surface area contributed by atoms with E-state index in [4.69, 9.17) is 4.52 Å². The summed E-state index contributed by atoms with van der Waals surface area (Å²) in [4.78, 5) is 13.8. The first-order valence-corrected chi connectivity index (χ1v) is 6.16. The molecule has 2 amide bonds. The molecule has 0 fully saturated rings. The molecule has 0 atom stereocenters. The molecule has 0 aliphatic rings. The van der Waals surface area contributed by atoms with E-state index in [1.54, 1.807) is 13.0 Å². The molecule has 0 aromatic carbocycles. The molecule has 96 valence electrons. The van der Waals surface area contributed by atoms with Gasteiger partial charge in [0, 0.05) is 19.2 Å². The minimum absolute atomic E-state index is 0.103.